The average molecular weight is 713 g/mol. The van der Waals surface area contributed by atoms with Gasteiger partial charge in [0.25, 0.3) is 0 Å². The van der Waals surface area contributed by atoms with Crippen LogP contribution in [0.4, 0.5) is 11.4 Å². The van der Waals surface area contributed by atoms with E-state index in [9.17, 15) is 29.1 Å². The monoisotopic (exact) mass is 712 g/mol. The van der Waals surface area contributed by atoms with Gasteiger partial charge in [-0.2, -0.15) is 0 Å². The van der Waals surface area contributed by atoms with Gasteiger partial charge in [0.1, 0.15) is 6.29 Å². The molecule has 0 atom stereocenters. The van der Waals surface area contributed by atoms with Crippen molar-refractivity contribution >= 4 is 47.6 Å². The molecule has 0 heterocycles. The van der Waals surface area contributed by atoms with Crippen molar-refractivity contribution in [2.75, 3.05) is 57.8 Å². The number of hydrogen-bond acceptors (Lipinski definition) is 11. The summed E-state index contributed by atoms with van der Waals surface area (Å²) in [5.41, 5.74) is 3.00. The fraction of sp³-hybridized carbons (Fsp3) is 0.472. The zero-order valence-electron chi connectivity index (χ0n) is 31.0. The Kier molecular flexibility index (Phi) is 29.5. The quantitative estimate of drug-likeness (QED) is 0.106. The molecule has 0 radical (unpaired) electrons. The van der Waals surface area contributed by atoms with E-state index >= 15 is 0 Å². The van der Waals surface area contributed by atoms with E-state index in [4.69, 9.17) is 9.84 Å². The van der Waals surface area contributed by atoms with E-state index in [1.807, 2.05) is 86.5 Å². The molecule has 0 aliphatic rings. The first kappa shape index (κ1) is 50.3. The Hall–Kier alpha value is -3.07. The van der Waals surface area contributed by atoms with Gasteiger partial charge in [-0.05, 0) is 68.8 Å². The summed E-state index contributed by atoms with van der Waals surface area (Å²) in [5, 5.41) is 18.9. The van der Waals surface area contributed by atoms with Gasteiger partial charge in [-0.25, -0.2) is 4.79 Å². The van der Waals surface area contributed by atoms with Crippen LogP contribution in [0.25, 0.3) is 6.08 Å². The molecule has 0 saturated carbocycles. The van der Waals surface area contributed by atoms with E-state index < -0.39 is 17.5 Å². The third-order valence-corrected chi connectivity index (χ3v) is 5.32. The van der Waals surface area contributed by atoms with Crippen LogP contribution in [0, 0.1) is 0 Å². The summed E-state index contributed by atoms with van der Waals surface area (Å²) in [7, 11) is 7.80. The molecule has 1 N–H and O–H groups in total. The van der Waals surface area contributed by atoms with Gasteiger partial charge in [0.2, 0.25) is 0 Å². The van der Waals surface area contributed by atoms with Crippen molar-refractivity contribution in [1.82, 2.24) is 0 Å². The van der Waals surface area contributed by atoms with Crippen LogP contribution in [0.5, 0.6) is 0 Å². The minimum atomic E-state index is -1.06. The van der Waals surface area contributed by atoms with Gasteiger partial charge in [-0.1, -0.05) is 32.9 Å². The first-order valence-corrected chi connectivity index (χ1v) is 15.5. The maximum atomic E-state index is 11.7. The molecule has 2 aromatic rings. The van der Waals surface area contributed by atoms with Crippen molar-refractivity contribution < 1.29 is 99.8 Å². The van der Waals surface area contributed by atoms with Gasteiger partial charge in [-0.3, -0.25) is 19.2 Å². The average Bonchev–Trinajstić information content (AvgIpc) is 3.00. The fourth-order valence-corrected chi connectivity index (χ4v) is 3.16. The van der Waals surface area contributed by atoms with Crippen LogP contribution in [0.15, 0.2) is 54.1 Å². The fourth-order valence-electron chi connectivity index (χ4n) is 3.16. The summed E-state index contributed by atoms with van der Waals surface area (Å²) in [4.78, 5) is 58.2. The molecule has 268 valence electrons. The van der Waals surface area contributed by atoms with Gasteiger partial charge >= 0.3 is 75.3 Å². The number of carboxylic acid groups (broad SMARTS) is 1. The summed E-state index contributed by atoms with van der Waals surface area (Å²) in [5.74, 6) is -2.36. The Morgan fingerprint density at radius 1 is 0.714 bits per heavy atom. The van der Waals surface area contributed by atoms with Crippen LogP contribution in [0.1, 0.15) is 76.7 Å². The molecule has 0 bridgehead atoms. The molecule has 0 aliphatic carbocycles. The maximum Gasteiger partial charge on any atom is 1.00 e. The molecule has 2 aromatic carbocycles. The van der Waals surface area contributed by atoms with Crippen molar-refractivity contribution in [2.45, 2.75) is 66.4 Å². The molecule has 12 nitrogen and oxygen atoms in total. The number of carboxylic acids is 1. The van der Waals surface area contributed by atoms with Crippen LogP contribution < -0.4 is 66.3 Å². The second-order valence-corrected chi connectivity index (χ2v) is 11.3. The van der Waals surface area contributed by atoms with Crippen molar-refractivity contribution in [3.8, 4) is 0 Å². The van der Waals surface area contributed by atoms with Crippen molar-refractivity contribution in [1.29, 1.82) is 0 Å². The van der Waals surface area contributed by atoms with E-state index in [1.165, 1.54) is 0 Å². The number of aliphatic carboxylic acids is 1. The van der Waals surface area contributed by atoms with Crippen LogP contribution in [0.3, 0.4) is 0 Å². The van der Waals surface area contributed by atoms with Gasteiger partial charge < -0.3 is 34.2 Å². The zero-order valence-corrected chi connectivity index (χ0v) is 34.2. The van der Waals surface area contributed by atoms with Crippen molar-refractivity contribution in [3.63, 3.8) is 0 Å². The second kappa shape index (κ2) is 28.7. The largest absolute Gasteiger partial charge is 1.00 e. The van der Waals surface area contributed by atoms with Gasteiger partial charge in [0.05, 0.1) is 39.1 Å². The number of ether oxygens (including phenoxy) is 3. The van der Waals surface area contributed by atoms with E-state index in [1.54, 1.807) is 47.6 Å². The number of aldehydes is 1. The maximum absolute atomic E-state index is 11.7. The molecule has 13 heteroatoms. The first-order chi connectivity index (χ1) is 22.4. The smallest absolute Gasteiger partial charge is 0.850 e. The van der Waals surface area contributed by atoms with Gasteiger partial charge in [0, 0.05) is 50.7 Å². The Morgan fingerprint density at radius 2 is 1.06 bits per heavy atom. The van der Waals surface area contributed by atoms with E-state index in [2.05, 4.69) is 9.47 Å². The zero-order chi connectivity index (χ0) is 37.3. The van der Waals surface area contributed by atoms with E-state index in [0.29, 0.717) is 13.2 Å². The summed E-state index contributed by atoms with van der Waals surface area (Å²) in [6, 6.07) is 14.9. The second-order valence-electron chi connectivity index (χ2n) is 11.3. The summed E-state index contributed by atoms with van der Waals surface area (Å²) in [6.07, 6.45) is 2.25. The summed E-state index contributed by atoms with van der Waals surface area (Å²) >= 11 is 0. The summed E-state index contributed by atoms with van der Waals surface area (Å²) in [6.45, 7) is 10.9. The molecule has 49 heavy (non-hydrogen) atoms. The molecule has 0 saturated heterocycles. The van der Waals surface area contributed by atoms with Crippen molar-refractivity contribution in [3.05, 3.63) is 65.2 Å². The molecule has 0 spiro atoms. The third-order valence-electron chi connectivity index (χ3n) is 5.32. The minimum Gasteiger partial charge on any atom is -0.850 e. The molecule has 0 fully saturated rings. The Morgan fingerprint density at radius 3 is 1.35 bits per heavy atom. The van der Waals surface area contributed by atoms with Gasteiger partial charge in [-0.15, -0.1) is 5.60 Å². The Balaban J connectivity index is -0.000000629. The van der Waals surface area contributed by atoms with Crippen LogP contribution >= 0.6 is 0 Å². The normalized spacial score (nSPS) is 10.1. The Bertz CT molecular complexity index is 1250. The Labute approximate surface area is 334 Å². The SMILES string of the molecule is CC(C)(C)[O-].CCOC(=O)/C(=C/c1ccc(N(C)C)cc1)CC(=O)O.CCOC(=O)CCC(=O)OCC.CN(C)c1ccc(C=O)cc1.[K+]. The van der Waals surface area contributed by atoms with Crippen LogP contribution in [-0.4, -0.2) is 88.9 Å². The molecule has 0 aliphatic heterocycles. The number of carbonyl (C=O) groups excluding carboxylic acids is 4. The molecular formula is C36H53KN2O10. The van der Waals surface area contributed by atoms with E-state index in [-0.39, 0.29) is 94.8 Å². The first-order valence-electron chi connectivity index (χ1n) is 15.5. The molecule has 0 aromatic heterocycles. The standard InChI is InChI=1S/C15H19NO4.C9H11NO.C8H14O4.C4H9O.K/c1-4-20-15(19)12(10-14(17)18)9-11-5-7-13(8-6-11)16(2)3;1-10(2)9-5-3-8(7-11)4-6-9;1-3-11-7(9)5-6-8(10)12-4-2;1-4(2,3)5;/h5-9H,4,10H2,1-3H3,(H,17,18);3-7H,1-2H3;3-6H2,1-2H3;1-3H3;/q;;;-1;+1/b12-9+;;;;. The number of anilines is 2. The molecule has 0 unspecified atom stereocenters. The number of rotatable bonds is 13. The van der Waals surface area contributed by atoms with Crippen molar-refractivity contribution in [2.24, 2.45) is 0 Å². The molecule has 2 rings (SSSR count). The number of nitrogens with zero attached hydrogens (tertiary/aromatic N) is 2. The predicted octanol–water partition coefficient (Wildman–Crippen LogP) is 1.78. The third kappa shape index (κ3) is 29.6. The van der Waals surface area contributed by atoms with Crippen LogP contribution in [-0.2, 0) is 33.4 Å². The molecule has 0 amide bonds. The van der Waals surface area contributed by atoms with Crippen LogP contribution in [0.2, 0.25) is 0 Å². The number of carbonyl (C=O) groups is 5. The van der Waals surface area contributed by atoms with E-state index in [0.717, 1.165) is 28.8 Å². The molecular weight excluding hydrogens is 659 g/mol. The number of hydrogen-bond donors (Lipinski definition) is 1. The number of benzene rings is 2. The topological polar surface area (TPSA) is 163 Å². The minimum absolute atomic E-state index is 0. The van der Waals surface area contributed by atoms with Gasteiger partial charge in [0.15, 0.2) is 0 Å². The predicted molar refractivity (Wildman–Crippen MR) is 186 cm³/mol. The number of esters is 3. The summed E-state index contributed by atoms with van der Waals surface area (Å²) < 4.78 is 14.1.